The molecule has 0 saturated heterocycles. The van der Waals surface area contributed by atoms with Crippen LogP contribution < -0.4 is 0 Å². The van der Waals surface area contributed by atoms with Gasteiger partial charge in [0.05, 0.1) is 0 Å². The average Bonchev–Trinajstić information content (AvgIpc) is 2.74. The maximum Gasteiger partial charge on any atom is 0.305 e. The van der Waals surface area contributed by atoms with E-state index >= 15 is 0 Å². The van der Waals surface area contributed by atoms with Crippen molar-refractivity contribution in [2.75, 3.05) is 0 Å². The molecule has 6 nitrogen and oxygen atoms in total. The van der Waals surface area contributed by atoms with Crippen LogP contribution in [0.5, 0.6) is 0 Å². The smallest absolute Gasteiger partial charge is 0.305 e. The topological polar surface area (TPSA) is 93.1 Å². The minimum absolute atomic E-state index is 0.350. The number of carbonyl (C=O) groups excluding carboxylic acids is 2. The monoisotopic (exact) mass is 412 g/mol. The number of benzene rings is 2. The summed E-state index contributed by atoms with van der Waals surface area (Å²) < 4.78 is 10.8. The molecule has 2 aromatic carbocycles. The zero-order valence-electron chi connectivity index (χ0n) is 17.3. The molecule has 0 radical (unpaired) electrons. The number of ether oxygens (including phenoxy) is 2. The van der Waals surface area contributed by atoms with Gasteiger partial charge in [-0.1, -0.05) is 60.7 Å². The van der Waals surface area contributed by atoms with Gasteiger partial charge in [0.1, 0.15) is 0 Å². The Morgan fingerprint density at radius 3 is 1.27 bits per heavy atom. The fourth-order valence-electron chi connectivity index (χ4n) is 4.42. The molecule has 0 spiro atoms. The second kappa shape index (κ2) is 8.98. The molecule has 2 aromatic rings. The Labute approximate surface area is 176 Å². The summed E-state index contributed by atoms with van der Waals surface area (Å²) >= 11 is 0. The molecule has 0 amide bonds. The van der Waals surface area contributed by atoms with E-state index in [0.717, 1.165) is 0 Å². The van der Waals surface area contributed by atoms with Gasteiger partial charge in [-0.2, -0.15) is 0 Å². The van der Waals surface area contributed by atoms with Crippen molar-refractivity contribution < 1.29 is 29.3 Å². The summed E-state index contributed by atoms with van der Waals surface area (Å²) in [6.45, 7) is 2.54. The first kappa shape index (κ1) is 22.0. The van der Waals surface area contributed by atoms with E-state index in [1.54, 1.807) is 48.5 Å². The molecule has 2 unspecified atom stereocenters. The Morgan fingerprint density at radius 1 is 0.700 bits per heavy atom. The molecule has 0 heterocycles. The van der Waals surface area contributed by atoms with Crippen LogP contribution in [-0.2, 0) is 30.6 Å². The summed E-state index contributed by atoms with van der Waals surface area (Å²) in [7, 11) is 0. The molecule has 1 fully saturated rings. The van der Waals surface area contributed by atoms with Crippen molar-refractivity contribution in [2.24, 2.45) is 11.8 Å². The Balaban J connectivity index is 1.83. The highest BCUT2D eigenvalue weighted by Crippen LogP contribution is 2.47. The zero-order valence-corrected chi connectivity index (χ0v) is 17.3. The van der Waals surface area contributed by atoms with Gasteiger partial charge in [0.15, 0.2) is 0 Å². The normalized spacial score (nSPS) is 22.9. The van der Waals surface area contributed by atoms with Crippen LogP contribution in [0.15, 0.2) is 60.7 Å². The van der Waals surface area contributed by atoms with E-state index in [9.17, 15) is 19.8 Å². The quantitative estimate of drug-likeness (QED) is 0.556. The summed E-state index contributed by atoms with van der Waals surface area (Å²) in [6, 6.07) is 17.7. The minimum Gasteiger partial charge on any atom is -0.429 e. The molecule has 3 rings (SSSR count). The van der Waals surface area contributed by atoms with E-state index in [2.05, 4.69) is 0 Å². The minimum atomic E-state index is -1.75. The van der Waals surface area contributed by atoms with Gasteiger partial charge in [0, 0.05) is 36.8 Å². The third-order valence-electron chi connectivity index (χ3n) is 5.81. The molecular weight excluding hydrogens is 384 g/mol. The molecule has 6 heteroatoms. The highest BCUT2D eigenvalue weighted by molar-refractivity contribution is 5.67. The van der Waals surface area contributed by atoms with Crippen molar-refractivity contribution in [3.05, 3.63) is 71.8 Å². The van der Waals surface area contributed by atoms with Crippen LogP contribution in [0.25, 0.3) is 0 Å². The summed E-state index contributed by atoms with van der Waals surface area (Å²) in [6.07, 6.45) is 1.94. The standard InChI is InChI=1S/C24H28O6/c1-17(25)29-23(27,19-9-5-3-6-10-19)21-13-15-22(16-14-21)24(28,30-18(2)26)20-11-7-4-8-12-20/h3-12,21-22,27-28H,13-16H2,1-2H3. The van der Waals surface area contributed by atoms with Crippen LogP contribution in [0, 0.1) is 11.8 Å². The Morgan fingerprint density at radius 2 is 1.00 bits per heavy atom. The van der Waals surface area contributed by atoms with Gasteiger partial charge < -0.3 is 19.7 Å². The molecule has 1 aliphatic rings. The SMILES string of the molecule is CC(=O)OC(O)(c1ccccc1)C1CCC(C(O)(OC(C)=O)c2ccccc2)CC1. The van der Waals surface area contributed by atoms with Gasteiger partial charge in [-0.3, -0.25) is 9.59 Å². The fourth-order valence-corrected chi connectivity index (χ4v) is 4.42. The van der Waals surface area contributed by atoms with Crippen LogP contribution in [0.3, 0.4) is 0 Å². The number of hydrogen-bond acceptors (Lipinski definition) is 6. The van der Waals surface area contributed by atoms with Gasteiger partial charge in [0.2, 0.25) is 11.6 Å². The molecule has 0 aromatic heterocycles. The van der Waals surface area contributed by atoms with Crippen LogP contribution in [-0.4, -0.2) is 22.2 Å². The van der Waals surface area contributed by atoms with Crippen molar-refractivity contribution in [3.63, 3.8) is 0 Å². The average molecular weight is 412 g/mol. The van der Waals surface area contributed by atoms with E-state index in [4.69, 9.17) is 9.47 Å². The second-order valence-corrected chi connectivity index (χ2v) is 7.86. The molecule has 2 N–H and O–H groups in total. The van der Waals surface area contributed by atoms with E-state index < -0.39 is 23.5 Å². The summed E-state index contributed by atoms with van der Waals surface area (Å²) in [5.41, 5.74) is 1.03. The van der Waals surface area contributed by atoms with Crippen molar-refractivity contribution in [2.45, 2.75) is 51.1 Å². The summed E-state index contributed by atoms with van der Waals surface area (Å²) in [5, 5.41) is 22.7. The van der Waals surface area contributed by atoms with Gasteiger partial charge in [-0.05, 0) is 25.7 Å². The van der Waals surface area contributed by atoms with Crippen molar-refractivity contribution in [3.8, 4) is 0 Å². The summed E-state index contributed by atoms with van der Waals surface area (Å²) in [5.74, 6) is -5.32. The van der Waals surface area contributed by atoms with Crippen LogP contribution in [0.1, 0.15) is 50.7 Å². The largest absolute Gasteiger partial charge is 0.429 e. The predicted molar refractivity (Wildman–Crippen MR) is 110 cm³/mol. The van der Waals surface area contributed by atoms with Crippen molar-refractivity contribution >= 4 is 11.9 Å². The lowest BCUT2D eigenvalue weighted by molar-refractivity contribution is -0.262. The highest BCUT2D eigenvalue weighted by atomic mass is 16.7. The second-order valence-electron chi connectivity index (χ2n) is 7.86. The van der Waals surface area contributed by atoms with Crippen LogP contribution in [0.4, 0.5) is 0 Å². The first-order chi connectivity index (χ1) is 14.3. The molecular formula is C24H28O6. The van der Waals surface area contributed by atoms with Crippen molar-refractivity contribution in [1.29, 1.82) is 0 Å². The van der Waals surface area contributed by atoms with Gasteiger partial charge >= 0.3 is 11.9 Å². The number of esters is 2. The van der Waals surface area contributed by atoms with E-state index in [1.807, 2.05) is 12.1 Å². The maximum atomic E-state index is 11.7. The van der Waals surface area contributed by atoms with E-state index in [-0.39, 0.29) is 11.8 Å². The molecule has 0 bridgehead atoms. The third kappa shape index (κ3) is 4.55. The summed E-state index contributed by atoms with van der Waals surface area (Å²) in [4.78, 5) is 23.5. The van der Waals surface area contributed by atoms with Gasteiger partial charge in [0.25, 0.3) is 0 Å². The van der Waals surface area contributed by atoms with E-state index in [0.29, 0.717) is 36.8 Å². The molecule has 1 aliphatic carbocycles. The number of rotatable bonds is 6. The molecule has 0 aliphatic heterocycles. The highest BCUT2D eigenvalue weighted by Gasteiger charge is 2.49. The lowest BCUT2D eigenvalue weighted by Crippen LogP contribution is -2.45. The predicted octanol–water partition coefficient (Wildman–Crippen LogP) is 3.61. The molecule has 2 atom stereocenters. The number of hydrogen-bond donors (Lipinski definition) is 2. The maximum absolute atomic E-state index is 11.7. The lowest BCUT2D eigenvalue weighted by atomic mass is 9.72. The molecule has 30 heavy (non-hydrogen) atoms. The van der Waals surface area contributed by atoms with E-state index in [1.165, 1.54) is 13.8 Å². The Bertz CT molecular complexity index is 786. The lowest BCUT2D eigenvalue weighted by Gasteiger charge is -2.43. The van der Waals surface area contributed by atoms with Crippen LogP contribution >= 0.6 is 0 Å². The number of aliphatic hydroxyl groups is 2. The number of carbonyl (C=O) groups is 2. The Kier molecular flexibility index (Phi) is 6.58. The van der Waals surface area contributed by atoms with Gasteiger partial charge in [-0.15, -0.1) is 0 Å². The fraction of sp³-hybridized carbons (Fsp3) is 0.417. The molecule has 1 saturated carbocycles. The van der Waals surface area contributed by atoms with Crippen LogP contribution in [0.2, 0.25) is 0 Å². The van der Waals surface area contributed by atoms with Gasteiger partial charge in [-0.25, -0.2) is 0 Å². The first-order valence-electron chi connectivity index (χ1n) is 10.2. The molecule has 160 valence electrons. The first-order valence-corrected chi connectivity index (χ1v) is 10.2. The van der Waals surface area contributed by atoms with Crippen molar-refractivity contribution in [1.82, 2.24) is 0 Å². The third-order valence-corrected chi connectivity index (χ3v) is 5.81. The Hall–Kier alpha value is -2.70. The zero-order chi connectivity index (χ0) is 21.8.